The Balaban J connectivity index is 1.69. The summed E-state index contributed by atoms with van der Waals surface area (Å²) in [6, 6.07) is 16.8. The molecule has 0 radical (unpaired) electrons. The smallest absolute Gasteiger partial charge is 0.416 e. The number of halogens is 4. The molecule has 7 heteroatoms. The highest BCUT2D eigenvalue weighted by Gasteiger charge is 2.46. The average Bonchev–Trinajstić information content (AvgIpc) is 2.85. The zero-order chi connectivity index (χ0) is 26.2. The minimum atomic E-state index is -4.45. The van der Waals surface area contributed by atoms with Crippen LogP contribution in [0.15, 0.2) is 66.7 Å². The van der Waals surface area contributed by atoms with Crippen LogP contribution in [-0.2, 0) is 16.4 Å². The van der Waals surface area contributed by atoms with E-state index in [1.807, 2.05) is 18.2 Å². The molecule has 3 aromatic rings. The zero-order valence-electron chi connectivity index (χ0n) is 20.4. The predicted molar refractivity (Wildman–Crippen MR) is 134 cm³/mol. The molecule has 2 fully saturated rings. The second-order valence-electron chi connectivity index (χ2n) is 10.2. The predicted octanol–water partition coefficient (Wildman–Crippen LogP) is 7.59. The van der Waals surface area contributed by atoms with Crippen molar-refractivity contribution < 1.29 is 27.5 Å². The molecule has 0 amide bonds. The number of carboxylic acids is 1. The fourth-order valence-electron chi connectivity index (χ4n) is 5.75. The van der Waals surface area contributed by atoms with Crippen LogP contribution in [0.5, 0.6) is 0 Å². The minimum absolute atomic E-state index is 0.241. The van der Waals surface area contributed by atoms with Gasteiger partial charge in [0.15, 0.2) is 0 Å². The Morgan fingerprint density at radius 2 is 1.51 bits per heavy atom. The number of rotatable bonds is 6. The molecule has 0 bridgehead atoms. The van der Waals surface area contributed by atoms with E-state index in [2.05, 4.69) is 4.90 Å². The molecular formula is C30H29F4NO2. The van der Waals surface area contributed by atoms with Gasteiger partial charge in [0, 0.05) is 0 Å². The van der Waals surface area contributed by atoms with Crippen molar-refractivity contribution in [3.63, 3.8) is 0 Å². The van der Waals surface area contributed by atoms with Crippen LogP contribution in [0.4, 0.5) is 17.6 Å². The number of aliphatic carboxylic acids is 1. The van der Waals surface area contributed by atoms with Gasteiger partial charge in [0.2, 0.25) is 0 Å². The summed E-state index contributed by atoms with van der Waals surface area (Å²) >= 11 is 0. The molecule has 5 rings (SSSR count). The lowest BCUT2D eigenvalue weighted by Gasteiger charge is -2.40. The second-order valence-corrected chi connectivity index (χ2v) is 10.2. The van der Waals surface area contributed by atoms with Crippen LogP contribution < -0.4 is 0 Å². The number of hydrogen-bond donors (Lipinski definition) is 1. The molecule has 37 heavy (non-hydrogen) atoms. The minimum Gasteiger partial charge on any atom is -0.481 e. The van der Waals surface area contributed by atoms with Gasteiger partial charge in [0.1, 0.15) is 5.82 Å². The Bertz CT molecular complexity index is 1260. The highest BCUT2D eigenvalue weighted by molar-refractivity contribution is 5.84. The quantitative estimate of drug-likeness (QED) is 0.347. The first-order chi connectivity index (χ1) is 17.7. The van der Waals surface area contributed by atoms with Crippen molar-refractivity contribution in [1.29, 1.82) is 0 Å². The molecule has 1 saturated heterocycles. The van der Waals surface area contributed by atoms with Crippen molar-refractivity contribution in [2.75, 3.05) is 13.1 Å². The number of likely N-dealkylation sites (tertiary alicyclic amines) is 1. The summed E-state index contributed by atoms with van der Waals surface area (Å²) in [7, 11) is 0. The summed E-state index contributed by atoms with van der Waals surface area (Å²) in [6.07, 6.45) is 0.589. The summed E-state index contributed by atoms with van der Waals surface area (Å²) < 4.78 is 53.7. The molecule has 1 aliphatic heterocycles. The Labute approximate surface area is 213 Å². The molecule has 194 valence electrons. The Morgan fingerprint density at radius 1 is 0.865 bits per heavy atom. The summed E-state index contributed by atoms with van der Waals surface area (Å²) in [4.78, 5) is 14.6. The number of carboxylic acid groups (broad SMARTS) is 1. The van der Waals surface area contributed by atoms with Crippen LogP contribution in [0.3, 0.4) is 0 Å². The average molecular weight is 512 g/mol. The number of benzene rings is 3. The Kier molecular flexibility index (Phi) is 6.84. The number of hydrogen-bond acceptors (Lipinski definition) is 2. The molecule has 1 N–H and O–H groups in total. The molecule has 2 aliphatic rings. The van der Waals surface area contributed by atoms with E-state index >= 15 is 0 Å². The topological polar surface area (TPSA) is 40.5 Å². The van der Waals surface area contributed by atoms with E-state index in [0.717, 1.165) is 62.0 Å². The van der Waals surface area contributed by atoms with Gasteiger partial charge < -0.3 is 5.11 Å². The normalized spacial score (nSPS) is 18.7. The van der Waals surface area contributed by atoms with Gasteiger partial charge in [-0.1, -0.05) is 49.2 Å². The van der Waals surface area contributed by atoms with E-state index in [1.165, 1.54) is 24.3 Å². The summed E-state index contributed by atoms with van der Waals surface area (Å²) in [5, 5.41) is 10.0. The summed E-state index contributed by atoms with van der Waals surface area (Å²) in [5.74, 6) is -1.22. The highest BCUT2D eigenvalue weighted by atomic mass is 19.4. The second kappa shape index (κ2) is 9.93. The maximum absolute atomic E-state index is 13.8. The summed E-state index contributed by atoms with van der Waals surface area (Å²) in [6.45, 7) is 1.69. The van der Waals surface area contributed by atoms with Crippen molar-refractivity contribution in [2.24, 2.45) is 0 Å². The van der Waals surface area contributed by atoms with Crippen molar-refractivity contribution in [1.82, 2.24) is 4.90 Å². The molecule has 1 heterocycles. The lowest BCUT2D eigenvalue weighted by molar-refractivity contribution is -0.147. The third-order valence-corrected chi connectivity index (χ3v) is 7.98. The first-order valence-electron chi connectivity index (χ1n) is 12.7. The molecule has 0 aromatic heterocycles. The van der Waals surface area contributed by atoms with Gasteiger partial charge in [-0.15, -0.1) is 0 Å². The number of piperidine rings is 1. The van der Waals surface area contributed by atoms with Crippen molar-refractivity contribution in [2.45, 2.75) is 56.2 Å². The van der Waals surface area contributed by atoms with Crippen molar-refractivity contribution in [3.8, 4) is 11.1 Å². The molecular weight excluding hydrogens is 482 g/mol. The van der Waals surface area contributed by atoms with E-state index in [9.17, 15) is 27.5 Å². The van der Waals surface area contributed by atoms with Gasteiger partial charge in [-0.3, -0.25) is 9.69 Å². The molecule has 1 atom stereocenters. The van der Waals surface area contributed by atoms with Gasteiger partial charge in [0.05, 0.1) is 17.0 Å². The van der Waals surface area contributed by atoms with E-state index in [1.54, 1.807) is 12.1 Å². The standard InChI is InChI=1S/C30H29F4NO2/c31-24-12-7-21(8-13-24)27(35-17-2-1-3-18-35)25-14-11-23(29(28(36)37)15-4-16-29)19-26(25)20-5-9-22(10-6-20)30(32,33)34/h5-14,19,27H,1-4,15-18H2,(H,36,37). The van der Waals surface area contributed by atoms with Crippen LogP contribution in [0, 0.1) is 5.82 Å². The van der Waals surface area contributed by atoms with Gasteiger partial charge in [-0.05, 0) is 96.9 Å². The van der Waals surface area contributed by atoms with Crippen molar-refractivity contribution >= 4 is 5.97 Å². The van der Waals surface area contributed by atoms with E-state index in [-0.39, 0.29) is 11.9 Å². The van der Waals surface area contributed by atoms with Crippen LogP contribution in [0.1, 0.15) is 66.8 Å². The fraction of sp³-hybridized carbons (Fsp3) is 0.367. The molecule has 1 unspecified atom stereocenters. The Morgan fingerprint density at radius 3 is 2.05 bits per heavy atom. The lowest BCUT2D eigenvalue weighted by Crippen LogP contribution is -2.42. The fourth-order valence-corrected chi connectivity index (χ4v) is 5.75. The van der Waals surface area contributed by atoms with Gasteiger partial charge in [-0.2, -0.15) is 13.2 Å². The van der Waals surface area contributed by atoms with Gasteiger partial charge in [0.25, 0.3) is 0 Å². The molecule has 0 spiro atoms. The maximum atomic E-state index is 13.8. The first kappa shape index (κ1) is 25.5. The molecule has 3 aromatic carbocycles. The monoisotopic (exact) mass is 511 g/mol. The maximum Gasteiger partial charge on any atom is 0.416 e. The van der Waals surface area contributed by atoms with E-state index in [0.29, 0.717) is 29.5 Å². The first-order valence-corrected chi connectivity index (χ1v) is 12.7. The van der Waals surface area contributed by atoms with Gasteiger partial charge in [-0.25, -0.2) is 4.39 Å². The lowest BCUT2D eigenvalue weighted by atomic mass is 9.64. The third kappa shape index (κ3) is 4.89. The molecule has 3 nitrogen and oxygen atoms in total. The zero-order valence-corrected chi connectivity index (χ0v) is 20.4. The van der Waals surface area contributed by atoms with E-state index in [4.69, 9.17) is 0 Å². The third-order valence-electron chi connectivity index (χ3n) is 7.98. The van der Waals surface area contributed by atoms with Crippen molar-refractivity contribution in [3.05, 3.63) is 94.8 Å². The van der Waals surface area contributed by atoms with Gasteiger partial charge >= 0.3 is 12.1 Å². The molecule has 1 aliphatic carbocycles. The number of nitrogens with zero attached hydrogens (tertiary/aromatic N) is 1. The number of alkyl halides is 3. The highest BCUT2D eigenvalue weighted by Crippen LogP contribution is 2.47. The summed E-state index contributed by atoms with van der Waals surface area (Å²) in [5.41, 5.74) is 2.02. The molecule has 1 saturated carbocycles. The van der Waals surface area contributed by atoms with Crippen LogP contribution in [0.2, 0.25) is 0 Å². The Hall–Kier alpha value is -3.19. The largest absolute Gasteiger partial charge is 0.481 e. The van der Waals surface area contributed by atoms with Crippen LogP contribution in [0.25, 0.3) is 11.1 Å². The van der Waals surface area contributed by atoms with E-state index < -0.39 is 23.1 Å². The van der Waals surface area contributed by atoms with Crippen LogP contribution in [-0.4, -0.2) is 29.1 Å². The SMILES string of the molecule is O=C(O)C1(c2ccc(C(c3ccc(F)cc3)N3CCCCC3)c(-c3ccc(C(F)(F)F)cc3)c2)CCC1. The number of carbonyl (C=O) groups is 1. The van der Waals surface area contributed by atoms with Crippen LogP contribution >= 0.6 is 0 Å².